The van der Waals surface area contributed by atoms with E-state index in [9.17, 15) is 4.79 Å². The molecule has 0 spiro atoms. The molecule has 18 heavy (non-hydrogen) atoms. The Bertz CT molecular complexity index is 627. The van der Waals surface area contributed by atoms with E-state index in [0.29, 0.717) is 11.3 Å². The Hall–Kier alpha value is -2.49. The summed E-state index contributed by atoms with van der Waals surface area (Å²) in [5, 5.41) is 0. The largest absolute Gasteiger partial charge is 0.481 e. The van der Waals surface area contributed by atoms with Crippen LogP contribution in [-0.2, 0) is 4.79 Å². The zero-order valence-corrected chi connectivity index (χ0v) is 9.59. The van der Waals surface area contributed by atoms with E-state index in [4.69, 9.17) is 16.2 Å². The molecule has 0 bridgehead atoms. The summed E-state index contributed by atoms with van der Waals surface area (Å²) in [6.45, 7) is 0. The van der Waals surface area contributed by atoms with Gasteiger partial charge in [0, 0.05) is 22.4 Å². The number of hydrogen-bond acceptors (Lipinski definition) is 3. The van der Waals surface area contributed by atoms with Crippen LogP contribution in [0.3, 0.4) is 0 Å². The molecule has 1 atom stereocenters. The van der Waals surface area contributed by atoms with Crippen LogP contribution in [-0.4, -0.2) is 12.0 Å². The number of nitrogens with two attached hydrogens (primary N) is 2. The van der Waals surface area contributed by atoms with Crippen LogP contribution >= 0.6 is 0 Å². The van der Waals surface area contributed by atoms with Gasteiger partial charge in [0.1, 0.15) is 11.9 Å². The van der Waals surface area contributed by atoms with Crippen molar-refractivity contribution in [1.82, 2.24) is 0 Å². The number of carbonyl (C=O) groups excluding carboxylic acids is 1. The summed E-state index contributed by atoms with van der Waals surface area (Å²) in [5.41, 5.74) is 14.1. The SMILES string of the molecule is NC(=O)C1=CC=CC2Oc3ccc(N)cc3C2=C1. The van der Waals surface area contributed by atoms with Crippen molar-refractivity contribution in [3.63, 3.8) is 0 Å². The standard InChI is InChI=1S/C14H12N2O2/c15-9-4-5-13-11(7-9)10-6-8(14(16)17)2-1-3-12(10)18-13/h1-7,12H,15H2,(H2,16,17). The first-order valence-electron chi connectivity index (χ1n) is 5.61. The fraction of sp³-hybridized carbons (Fsp3) is 0.0714. The van der Waals surface area contributed by atoms with Crippen molar-refractivity contribution < 1.29 is 9.53 Å². The van der Waals surface area contributed by atoms with E-state index >= 15 is 0 Å². The van der Waals surface area contributed by atoms with Gasteiger partial charge in [0.25, 0.3) is 0 Å². The summed E-state index contributed by atoms with van der Waals surface area (Å²) in [5.74, 6) is 0.320. The summed E-state index contributed by atoms with van der Waals surface area (Å²) in [4.78, 5) is 11.3. The second-order valence-corrected chi connectivity index (χ2v) is 4.26. The van der Waals surface area contributed by atoms with E-state index in [0.717, 1.165) is 16.9 Å². The molecule has 1 heterocycles. The van der Waals surface area contributed by atoms with Crippen molar-refractivity contribution in [3.8, 4) is 5.75 Å². The molecule has 0 saturated carbocycles. The Labute approximate surface area is 104 Å². The number of fused-ring (bicyclic) bond motifs is 3. The maximum Gasteiger partial charge on any atom is 0.248 e. The molecule has 4 nitrogen and oxygen atoms in total. The van der Waals surface area contributed by atoms with Gasteiger partial charge in [0.05, 0.1) is 0 Å². The van der Waals surface area contributed by atoms with Crippen LogP contribution in [0.4, 0.5) is 5.69 Å². The average Bonchev–Trinajstić information content (AvgIpc) is 2.54. The highest BCUT2D eigenvalue weighted by molar-refractivity contribution is 5.99. The third-order valence-corrected chi connectivity index (χ3v) is 3.03. The number of benzene rings is 1. The first-order chi connectivity index (χ1) is 8.65. The Kier molecular flexibility index (Phi) is 2.23. The van der Waals surface area contributed by atoms with Gasteiger partial charge in [-0.3, -0.25) is 4.79 Å². The molecule has 0 fully saturated rings. The minimum atomic E-state index is -0.454. The number of carbonyl (C=O) groups is 1. The topological polar surface area (TPSA) is 78.3 Å². The van der Waals surface area contributed by atoms with Crippen LogP contribution in [0, 0.1) is 0 Å². The van der Waals surface area contributed by atoms with Crippen LogP contribution in [0.25, 0.3) is 5.57 Å². The lowest BCUT2D eigenvalue weighted by Gasteiger charge is -2.05. The minimum absolute atomic E-state index is 0.185. The number of amides is 1. The number of rotatable bonds is 1. The van der Waals surface area contributed by atoms with Crippen molar-refractivity contribution in [1.29, 1.82) is 0 Å². The Balaban J connectivity index is 2.15. The van der Waals surface area contributed by atoms with Crippen LogP contribution in [0.15, 0.2) is 48.1 Å². The van der Waals surface area contributed by atoms with Gasteiger partial charge in [0.15, 0.2) is 0 Å². The molecule has 1 aliphatic heterocycles. The lowest BCUT2D eigenvalue weighted by molar-refractivity contribution is -0.114. The first-order valence-corrected chi connectivity index (χ1v) is 5.61. The highest BCUT2D eigenvalue weighted by Crippen LogP contribution is 2.40. The molecular formula is C14H12N2O2. The average molecular weight is 240 g/mol. The second kappa shape index (κ2) is 3.77. The molecule has 0 saturated heterocycles. The summed E-state index contributed by atoms with van der Waals surface area (Å²) in [7, 11) is 0. The molecule has 4 heteroatoms. The number of ether oxygens (including phenoxy) is 1. The van der Waals surface area contributed by atoms with Crippen LogP contribution in [0.2, 0.25) is 0 Å². The van der Waals surface area contributed by atoms with Gasteiger partial charge in [-0.1, -0.05) is 6.08 Å². The van der Waals surface area contributed by atoms with E-state index in [-0.39, 0.29) is 6.10 Å². The minimum Gasteiger partial charge on any atom is -0.481 e. The Morgan fingerprint density at radius 2 is 2.17 bits per heavy atom. The molecule has 3 rings (SSSR count). The van der Waals surface area contributed by atoms with Gasteiger partial charge in [-0.25, -0.2) is 0 Å². The predicted molar refractivity (Wildman–Crippen MR) is 69.7 cm³/mol. The third kappa shape index (κ3) is 1.59. The van der Waals surface area contributed by atoms with E-state index in [1.54, 1.807) is 24.3 Å². The molecule has 1 aromatic rings. The second-order valence-electron chi connectivity index (χ2n) is 4.26. The zero-order valence-electron chi connectivity index (χ0n) is 9.59. The van der Waals surface area contributed by atoms with Crippen LogP contribution in [0.1, 0.15) is 5.56 Å². The van der Waals surface area contributed by atoms with Crippen LogP contribution < -0.4 is 16.2 Å². The van der Waals surface area contributed by atoms with Crippen LogP contribution in [0.5, 0.6) is 5.75 Å². The number of nitrogen functional groups attached to an aromatic ring is 1. The molecule has 90 valence electrons. The van der Waals surface area contributed by atoms with E-state index < -0.39 is 5.91 Å². The van der Waals surface area contributed by atoms with Crippen molar-refractivity contribution >= 4 is 17.2 Å². The zero-order chi connectivity index (χ0) is 12.7. The maximum absolute atomic E-state index is 11.3. The molecule has 0 radical (unpaired) electrons. The van der Waals surface area contributed by atoms with Gasteiger partial charge in [-0.2, -0.15) is 0 Å². The Morgan fingerprint density at radius 3 is 2.94 bits per heavy atom. The van der Waals surface area contributed by atoms with Crippen molar-refractivity contribution in [2.75, 3.05) is 5.73 Å². The van der Waals surface area contributed by atoms with Gasteiger partial charge in [-0.15, -0.1) is 0 Å². The number of anilines is 1. The highest BCUT2D eigenvalue weighted by atomic mass is 16.5. The van der Waals surface area contributed by atoms with Gasteiger partial charge in [-0.05, 0) is 36.4 Å². The van der Waals surface area contributed by atoms with E-state index in [1.165, 1.54) is 0 Å². The molecule has 1 amide bonds. The summed E-state index contributed by atoms with van der Waals surface area (Å²) in [6, 6.07) is 5.47. The normalized spacial score (nSPS) is 20.1. The molecule has 1 aromatic carbocycles. The summed E-state index contributed by atoms with van der Waals surface area (Å²) < 4.78 is 5.78. The quantitative estimate of drug-likeness (QED) is 0.728. The molecule has 4 N–H and O–H groups in total. The van der Waals surface area contributed by atoms with Gasteiger partial charge in [0.2, 0.25) is 5.91 Å². The third-order valence-electron chi connectivity index (χ3n) is 3.03. The fourth-order valence-corrected chi connectivity index (χ4v) is 2.16. The van der Waals surface area contributed by atoms with Crippen molar-refractivity contribution in [2.45, 2.75) is 6.10 Å². The van der Waals surface area contributed by atoms with Gasteiger partial charge < -0.3 is 16.2 Å². The molecule has 2 aliphatic rings. The smallest absolute Gasteiger partial charge is 0.248 e. The molecule has 1 unspecified atom stereocenters. The highest BCUT2D eigenvalue weighted by Gasteiger charge is 2.28. The molecular weight excluding hydrogens is 228 g/mol. The monoisotopic (exact) mass is 240 g/mol. The number of primary amides is 1. The lowest BCUT2D eigenvalue weighted by atomic mass is 10.0. The Morgan fingerprint density at radius 1 is 1.33 bits per heavy atom. The maximum atomic E-state index is 11.3. The molecule has 0 aromatic heterocycles. The van der Waals surface area contributed by atoms with Gasteiger partial charge >= 0.3 is 0 Å². The van der Waals surface area contributed by atoms with Crippen molar-refractivity contribution in [2.24, 2.45) is 5.73 Å². The fourth-order valence-electron chi connectivity index (χ4n) is 2.16. The number of hydrogen-bond donors (Lipinski definition) is 2. The summed E-state index contributed by atoms with van der Waals surface area (Å²) >= 11 is 0. The lowest BCUT2D eigenvalue weighted by Crippen LogP contribution is -2.13. The van der Waals surface area contributed by atoms with E-state index in [2.05, 4.69) is 0 Å². The van der Waals surface area contributed by atoms with E-state index in [1.807, 2.05) is 18.2 Å². The first kappa shape index (κ1) is 10.7. The van der Waals surface area contributed by atoms with Crippen molar-refractivity contribution in [3.05, 3.63) is 53.6 Å². The predicted octanol–water partition coefficient (Wildman–Crippen LogP) is 1.39. The number of allylic oxidation sites excluding steroid dienone is 2. The molecule has 1 aliphatic carbocycles. The summed E-state index contributed by atoms with van der Waals surface area (Å²) in [6.07, 6.45) is 6.93.